The maximum Gasteiger partial charge on any atom is 0.350 e. The SMILES string of the molecule is CCOC(=O)c1sc(C(C)NC(=NC)NCc2nc(C)no2)nc1C.I. The van der Waals surface area contributed by atoms with Gasteiger partial charge in [0.25, 0.3) is 0 Å². The highest BCUT2D eigenvalue weighted by Crippen LogP contribution is 2.24. The summed E-state index contributed by atoms with van der Waals surface area (Å²) < 4.78 is 10.1. The summed E-state index contributed by atoms with van der Waals surface area (Å²) in [5.74, 6) is 1.28. The van der Waals surface area contributed by atoms with Crippen LogP contribution in [0.4, 0.5) is 0 Å². The average molecular weight is 494 g/mol. The number of nitrogens with zero attached hydrogens (tertiary/aromatic N) is 4. The molecule has 0 aliphatic heterocycles. The van der Waals surface area contributed by atoms with Gasteiger partial charge in [-0.25, -0.2) is 9.78 Å². The first-order valence-electron chi connectivity index (χ1n) is 7.85. The van der Waals surface area contributed by atoms with E-state index in [0.29, 0.717) is 41.4 Å². The number of aliphatic imine (C=N–C) groups is 1. The maximum atomic E-state index is 11.9. The predicted molar refractivity (Wildman–Crippen MR) is 109 cm³/mol. The van der Waals surface area contributed by atoms with Gasteiger partial charge in [-0.1, -0.05) is 5.16 Å². The predicted octanol–water partition coefficient (Wildman–Crippen LogP) is 2.36. The standard InChI is InChI=1S/C15H22N6O3S.HI/c1-6-23-14(22)12-8(2)18-13(25-12)9(3)19-15(16-5)17-7-11-20-10(4)21-24-11;/h9H,6-7H2,1-5H3,(H2,16,17,19);1H. The summed E-state index contributed by atoms with van der Waals surface area (Å²) in [7, 11) is 1.66. The molecule has 0 radical (unpaired) electrons. The van der Waals surface area contributed by atoms with Crippen LogP contribution in [0.2, 0.25) is 0 Å². The van der Waals surface area contributed by atoms with Crippen molar-refractivity contribution in [2.45, 2.75) is 40.3 Å². The largest absolute Gasteiger partial charge is 0.462 e. The summed E-state index contributed by atoms with van der Waals surface area (Å²) in [6.45, 7) is 7.97. The molecular weight excluding hydrogens is 471 g/mol. The first kappa shape index (κ1) is 22.3. The van der Waals surface area contributed by atoms with Gasteiger partial charge in [0.15, 0.2) is 11.8 Å². The molecule has 0 aromatic carbocycles. The molecule has 2 aromatic rings. The van der Waals surface area contributed by atoms with Gasteiger partial charge in [0, 0.05) is 7.05 Å². The van der Waals surface area contributed by atoms with Gasteiger partial charge in [0.1, 0.15) is 9.88 Å². The zero-order valence-corrected chi connectivity index (χ0v) is 18.5. The molecule has 0 fully saturated rings. The number of guanidine groups is 1. The Morgan fingerprint density at radius 1 is 1.38 bits per heavy atom. The number of ether oxygens (including phenoxy) is 1. The van der Waals surface area contributed by atoms with Gasteiger partial charge in [-0.2, -0.15) is 4.98 Å². The van der Waals surface area contributed by atoms with Crippen molar-refractivity contribution in [1.82, 2.24) is 25.8 Å². The molecule has 2 rings (SSSR count). The molecule has 2 heterocycles. The van der Waals surface area contributed by atoms with E-state index in [1.165, 1.54) is 11.3 Å². The fraction of sp³-hybridized carbons (Fsp3) is 0.533. The Hall–Kier alpha value is -1.76. The topological polar surface area (TPSA) is 115 Å². The van der Waals surface area contributed by atoms with Crippen LogP contribution >= 0.6 is 35.3 Å². The van der Waals surface area contributed by atoms with Crippen molar-refractivity contribution in [2.24, 2.45) is 4.99 Å². The lowest BCUT2D eigenvalue weighted by Crippen LogP contribution is -2.38. The van der Waals surface area contributed by atoms with E-state index < -0.39 is 0 Å². The molecular formula is C15H23IN6O3S. The van der Waals surface area contributed by atoms with Gasteiger partial charge >= 0.3 is 5.97 Å². The number of hydrogen-bond acceptors (Lipinski definition) is 8. The first-order chi connectivity index (χ1) is 11.9. The smallest absolute Gasteiger partial charge is 0.350 e. The van der Waals surface area contributed by atoms with Crippen molar-refractivity contribution in [3.63, 3.8) is 0 Å². The molecule has 0 saturated carbocycles. The number of aryl methyl sites for hydroxylation is 2. The highest BCUT2D eigenvalue weighted by Gasteiger charge is 2.20. The second kappa shape index (κ2) is 10.4. The van der Waals surface area contributed by atoms with Crippen LogP contribution in [0.3, 0.4) is 0 Å². The third kappa shape index (κ3) is 5.90. The summed E-state index contributed by atoms with van der Waals surface area (Å²) in [4.78, 5) is 25.2. The van der Waals surface area contributed by atoms with Crippen LogP contribution in [0.5, 0.6) is 0 Å². The van der Waals surface area contributed by atoms with Gasteiger partial charge in [-0.05, 0) is 27.7 Å². The zero-order chi connectivity index (χ0) is 18.4. The Balaban J connectivity index is 0.00000338. The second-order valence-corrected chi connectivity index (χ2v) is 6.24. The van der Waals surface area contributed by atoms with Crippen LogP contribution in [-0.2, 0) is 11.3 Å². The van der Waals surface area contributed by atoms with E-state index in [1.54, 1.807) is 27.8 Å². The Kier molecular flexibility index (Phi) is 8.92. The van der Waals surface area contributed by atoms with Crippen molar-refractivity contribution < 1.29 is 14.1 Å². The number of nitrogens with one attached hydrogen (secondary N) is 2. The molecule has 2 N–H and O–H groups in total. The molecule has 0 bridgehead atoms. The molecule has 0 aliphatic rings. The minimum Gasteiger partial charge on any atom is -0.462 e. The van der Waals surface area contributed by atoms with Crippen LogP contribution < -0.4 is 10.6 Å². The normalized spacial score (nSPS) is 12.3. The summed E-state index contributed by atoms with van der Waals surface area (Å²) >= 11 is 1.31. The summed E-state index contributed by atoms with van der Waals surface area (Å²) in [6, 6.07) is -0.137. The summed E-state index contributed by atoms with van der Waals surface area (Å²) in [5, 5.41) is 10.8. The molecule has 144 valence electrons. The number of rotatable bonds is 6. The van der Waals surface area contributed by atoms with Crippen molar-refractivity contribution in [3.05, 3.63) is 27.3 Å². The van der Waals surface area contributed by atoms with E-state index in [4.69, 9.17) is 9.26 Å². The third-order valence-corrected chi connectivity index (χ3v) is 4.52. The minimum absolute atomic E-state index is 0. The summed E-state index contributed by atoms with van der Waals surface area (Å²) in [5.41, 5.74) is 0.663. The van der Waals surface area contributed by atoms with E-state index in [-0.39, 0.29) is 36.0 Å². The number of carbonyl (C=O) groups excluding carboxylic acids is 1. The van der Waals surface area contributed by atoms with Crippen molar-refractivity contribution in [2.75, 3.05) is 13.7 Å². The Labute approximate surface area is 173 Å². The number of esters is 1. The van der Waals surface area contributed by atoms with E-state index >= 15 is 0 Å². The lowest BCUT2D eigenvalue weighted by atomic mass is 10.3. The Morgan fingerprint density at radius 2 is 2.12 bits per heavy atom. The van der Waals surface area contributed by atoms with Crippen LogP contribution in [0.1, 0.15) is 52.0 Å². The quantitative estimate of drug-likeness (QED) is 0.272. The number of hydrogen-bond donors (Lipinski definition) is 2. The van der Waals surface area contributed by atoms with E-state index in [1.807, 2.05) is 6.92 Å². The number of aromatic nitrogens is 3. The van der Waals surface area contributed by atoms with Crippen LogP contribution in [0.15, 0.2) is 9.52 Å². The minimum atomic E-state index is -0.342. The zero-order valence-electron chi connectivity index (χ0n) is 15.3. The van der Waals surface area contributed by atoms with Gasteiger partial charge < -0.3 is 19.9 Å². The van der Waals surface area contributed by atoms with Gasteiger partial charge in [-0.15, -0.1) is 35.3 Å². The highest BCUT2D eigenvalue weighted by atomic mass is 127. The van der Waals surface area contributed by atoms with Crippen LogP contribution in [0, 0.1) is 13.8 Å². The van der Waals surface area contributed by atoms with Crippen molar-refractivity contribution in [1.29, 1.82) is 0 Å². The molecule has 0 aliphatic carbocycles. The number of thiazole rings is 1. The highest BCUT2D eigenvalue weighted by molar-refractivity contribution is 14.0. The van der Waals surface area contributed by atoms with Crippen LogP contribution in [0.25, 0.3) is 0 Å². The van der Waals surface area contributed by atoms with E-state index in [9.17, 15) is 4.79 Å². The number of carbonyl (C=O) groups is 1. The van der Waals surface area contributed by atoms with Gasteiger partial charge in [0.2, 0.25) is 5.89 Å². The lowest BCUT2D eigenvalue weighted by molar-refractivity contribution is 0.0531. The molecule has 11 heteroatoms. The molecule has 0 saturated heterocycles. The molecule has 26 heavy (non-hydrogen) atoms. The van der Waals surface area contributed by atoms with Crippen molar-refractivity contribution in [3.8, 4) is 0 Å². The second-order valence-electron chi connectivity index (χ2n) is 5.21. The van der Waals surface area contributed by atoms with E-state index in [0.717, 1.165) is 5.01 Å². The van der Waals surface area contributed by atoms with Gasteiger partial charge in [-0.3, -0.25) is 4.99 Å². The fourth-order valence-corrected chi connectivity index (χ4v) is 2.98. The average Bonchev–Trinajstić information content (AvgIpc) is 3.17. The Bertz CT molecular complexity index is 760. The molecule has 0 amide bonds. The fourth-order valence-electron chi connectivity index (χ4n) is 2.02. The maximum absolute atomic E-state index is 11.9. The molecule has 1 unspecified atom stereocenters. The number of halogens is 1. The molecule has 0 spiro atoms. The summed E-state index contributed by atoms with van der Waals surface area (Å²) in [6.07, 6.45) is 0. The molecule has 2 aromatic heterocycles. The molecule has 9 nitrogen and oxygen atoms in total. The third-order valence-electron chi connectivity index (χ3n) is 3.20. The van der Waals surface area contributed by atoms with Gasteiger partial charge in [0.05, 0.1) is 24.9 Å². The van der Waals surface area contributed by atoms with E-state index in [2.05, 4.69) is 30.8 Å². The van der Waals surface area contributed by atoms with Crippen LogP contribution in [-0.4, -0.2) is 40.7 Å². The Morgan fingerprint density at radius 3 is 2.69 bits per heavy atom. The lowest BCUT2D eigenvalue weighted by Gasteiger charge is -2.15. The monoisotopic (exact) mass is 494 g/mol. The first-order valence-corrected chi connectivity index (χ1v) is 8.67. The molecule has 1 atom stereocenters. The van der Waals surface area contributed by atoms with Crippen molar-refractivity contribution >= 4 is 47.2 Å².